The molecule has 0 saturated heterocycles. The van der Waals surface area contributed by atoms with Crippen molar-refractivity contribution < 1.29 is 9.50 Å². The SMILES string of the molecule is N#Cc1cnc2c(Cl)cc(NC(c3ccc(F)cc3)c3cn(C4CC4)nn3)cc2c1N[C@@H]1CCC[C@H](O)C1. The average molecular weight is 532 g/mol. The molecule has 194 valence electrons. The average Bonchev–Trinajstić information content (AvgIpc) is 3.65. The number of rotatable bonds is 7. The van der Waals surface area contributed by atoms with Crippen LogP contribution in [0.4, 0.5) is 15.8 Å². The molecule has 0 bridgehead atoms. The van der Waals surface area contributed by atoms with Gasteiger partial charge in [-0.3, -0.25) is 4.98 Å². The number of nitrogens with zero attached hydrogens (tertiary/aromatic N) is 5. The van der Waals surface area contributed by atoms with Gasteiger partial charge >= 0.3 is 0 Å². The van der Waals surface area contributed by atoms with E-state index < -0.39 is 6.04 Å². The highest BCUT2D eigenvalue weighted by Crippen LogP contribution is 2.38. The van der Waals surface area contributed by atoms with Gasteiger partial charge in [0.15, 0.2) is 0 Å². The number of aliphatic hydroxyl groups is 1. The number of aliphatic hydroxyl groups excluding tert-OH is 1. The minimum Gasteiger partial charge on any atom is -0.393 e. The Bertz CT molecular complexity index is 1510. The number of aromatic nitrogens is 4. The summed E-state index contributed by atoms with van der Waals surface area (Å²) in [5, 5.41) is 36.9. The van der Waals surface area contributed by atoms with E-state index in [1.165, 1.54) is 18.3 Å². The lowest BCUT2D eigenvalue weighted by molar-refractivity contribution is 0.124. The minimum atomic E-state index is -0.409. The van der Waals surface area contributed by atoms with Gasteiger partial charge in [-0.2, -0.15) is 5.26 Å². The predicted octanol–water partition coefficient (Wildman–Crippen LogP) is 5.74. The number of benzene rings is 2. The Morgan fingerprint density at radius 3 is 2.71 bits per heavy atom. The summed E-state index contributed by atoms with van der Waals surface area (Å²) in [5.41, 5.74) is 3.87. The normalized spacial score (nSPS) is 20.2. The molecule has 2 fully saturated rings. The summed E-state index contributed by atoms with van der Waals surface area (Å²) >= 11 is 6.71. The van der Waals surface area contributed by atoms with Crippen LogP contribution in [0.2, 0.25) is 5.02 Å². The third-order valence-corrected chi connectivity index (χ3v) is 7.59. The van der Waals surface area contributed by atoms with Gasteiger partial charge in [0.05, 0.1) is 46.2 Å². The predicted molar refractivity (Wildman–Crippen MR) is 144 cm³/mol. The molecule has 6 rings (SSSR count). The smallest absolute Gasteiger partial charge is 0.123 e. The lowest BCUT2D eigenvalue weighted by atomic mass is 9.92. The number of nitriles is 1. The molecule has 2 aromatic heterocycles. The summed E-state index contributed by atoms with van der Waals surface area (Å²) in [4.78, 5) is 4.46. The lowest BCUT2D eigenvalue weighted by Gasteiger charge is -2.28. The zero-order valence-corrected chi connectivity index (χ0v) is 21.4. The fourth-order valence-electron chi connectivity index (χ4n) is 5.17. The summed E-state index contributed by atoms with van der Waals surface area (Å²) in [7, 11) is 0. The van der Waals surface area contributed by atoms with E-state index >= 15 is 0 Å². The number of anilines is 2. The molecule has 0 spiro atoms. The third kappa shape index (κ3) is 5.02. The van der Waals surface area contributed by atoms with Gasteiger partial charge in [-0.25, -0.2) is 9.07 Å². The van der Waals surface area contributed by atoms with Crippen LogP contribution >= 0.6 is 11.6 Å². The summed E-state index contributed by atoms with van der Waals surface area (Å²) < 4.78 is 15.6. The standard InChI is InChI=1S/C28H27ClFN7O/c29-24-12-20(11-23-26(17(13-31)14-32-28(23)24)33-19-2-1-3-22(38)10-19)34-27(16-4-6-18(30)7-5-16)25-15-37(36-35-25)21-8-9-21/h4-7,11-12,14-15,19,21-22,27,34,38H,1-3,8-10H2,(H,32,33)/t19-,22+,27?/m1/s1. The molecule has 2 heterocycles. The van der Waals surface area contributed by atoms with E-state index in [0.717, 1.165) is 37.7 Å². The molecule has 2 aliphatic carbocycles. The highest BCUT2D eigenvalue weighted by molar-refractivity contribution is 6.35. The molecule has 38 heavy (non-hydrogen) atoms. The van der Waals surface area contributed by atoms with Crippen LogP contribution in [0.5, 0.6) is 0 Å². The number of nitrogens with one attached hydrogen (secondary N) is 2. The van der Waals surface area contributed by atoms with Crippen LogP contribution in [0.1, 0.15) is 67.4 Å². The maximum atomic E-state index is 13.7. The zero-order chi connectivity index (χ0) is 26.2. The van der Waals surface area contributed by atoms with Crippen LogP contribution in [-0.4, -0.2) is 37.2 Å². The highest BCUT2D eigenvalue weighted by atomic mass is 35.5. The van der Waals surface area contributed by atoms with E-state index in [9.17, 15) is 14.8 Å². The molecular formula is C28H27ClFN7O. The van der Waals surface area contributed by atoms with E-state index in [0.29, 0.717) is 51.0 Å². The first-order valence-corrected chi connectivity index (χ1v) is 13.3. The number of hydrogen-bond donors (Lipinski definition) is 3. The first kappa shape index (κ1) is 24.6. The van der Waals surface area contributed by atoms with Crippen LogP contribution in [0.3, 0.4) is 0 Å². The van der Waals surface area contributed by atoms with Crippen molar-refractivity contribution in [2.75, 3.05) is 10.6 Å². The van der Waals surface area contributed by atoms with Gasteiger partial charge < -0.3 is 15.7 Å². The quantitative estimate of drug-likeness (QED) is 0.278. The Balaban J connectivity index is 1.40. The van der Waals surface area contributed by atoms with E-state index in [2.05, 4.69) is 32.0 Å². The summed E-state index contributed by atoms with van der Waals surface area (Å²) in [6.45, 7) is 0. The molecule has 2 aliphatic rings. The Hall–Kier alpha value is -3.74. The fraction of sp³-hybridized carbons (Fsp3) is 0.357. The lowest BCUT2D eigenvalue weighted by Crippen LogP contribution is -2.30. The van der Waals surface area contributed by atoms with Crippen LogP contribution in [0.25, 0.3) is 10.9 Å². The number of hydrogen-bond acceptors (Lipinski definition) is 7. The summed E-state index contributed by atoms with van der Waals surface area (Å²) in [5.74, 6) is -0.318. The van der Waals surface area contributed by atoms with Gasteiger partial charge in [-0.05, 0) is 68.4 Å². The van der Waals surface area contributed by atoms with Gasteiger partial charge in [0, 0.05) is 23.3 Å². The number of fused-ring (bicyclic) bond motifs is 1. The number of pyridine rings is 1. The van der Waals surface area contributed by atoms with Gasteiger partial charge in [0.1, 0.15) is 17.6 Å². The molecule has 3 atom stereocenters. The molecule has 10 heteroatoms. The molecule has 2 aromatic carbocycles. The minimum absolute atomic E-state index is 0.0382. The van der Waals surface area contributed by atoms with Crippen molar-refractivity contribution in [1.29, 1.82) is 5.26 Å². The number of halogens is 2. The molecule has 2 saturated carbocycles. The van der Waals surface area contributed by atoms with Gasteiger partial charge in [-0.15, -0.1) is 5.10 Å². The van der Waals surface area contributed by atoms with Crippen LogP contribution in [-0.2, 0) is 0 Å². The van der Waals surface area contributed by atoms with Crippen molar-refractivity contribution in [3.8, 4) is 6.07 Å². The summed E-state index contributed by atoms with van der Waals surface area (Å²) in [6.07, 6.45) is 8.48. The topological polar surface area (TPSA) is 112 Å². The molecule has 3 N–H and O–H groups in total. The van der Waals surface area contributed by atoms with E-state index in [-0.39, 0.29) is 18.0 Å². The second-order valence-electron chi connectivity index (χ2n) is 10.2. The summed E-state index contributed by atoms with van der Waals surface area (Å²) in [6, 6.07) is 12.2. The van der Waals surface area contributed by atoms with E-state index in [4.69, 9.17) is 11.6 Å². The largest absolute Gasteiger partial charge is 0.393 e. The fourth-order valence-corrected chi connectivity index (χ4v) is 5.44. The first-order chi connectivity index (χ1) is 18.5. The monoisotopic (exact) mass is 531 g/mol. The Labute approximate surface area is 224 Å². The Morgan fingerprint density at radius 1 is 1.16 bits per heavy atom. The highest BCUT2D eigenvalue weighted by Gasteiger charge is 2.27. The Morgan fingerprint density at radius 2 is 1.97 bits per heavy atom. The van der Waals surface area contributed by atoms with Gasteiger partial charge in [-0.1, -0.05) is 28.9 Å². The van der Waals surface area contributed by atoms with Crippen molar-refractivity contribution >= 4 is 33.9 Å². The molecule has 8 nitrogen and oxygen atoms in total. The second-order valence-corrected chi connectivity index (χ2v) is 10.6. The second kappa shape index (κ2) is 10.2. The van der Waals surface area contributed by atoms with E-state index in [1.807, 2.05) is 16.9 Å². The third-order valence-electron chi connectivity index (χ3n) is 7.30. The van der Waals surface area contributed by atoms with E-state index in [1.54, 1.807) is 18.2 Å². The molecule has 1 unspecified atom stereocenters. The first-order valence-electron chi connectivity index (χ1n) is 12.9. The molecule has 0 radical (unpaired) electrons. The zero-order valence-electron chi connectivity index (χ0n) is 20.6. The van der Waals surface area contributed by atoms with Crippen LogP contribution < -0.4 is 10.6 Å². The molecule has 0 amide bonds. The van der Waals surface area contributed by atoms with Crippen molar-refractivity contribution in [3.63, 3.8) is 0 Å². The Kier molecular flexibility index (Phi) is 6.60. The van der Waals surface area contributed by atoms with Gasteiger partial charge in [0.25, 0.3) is 0 Å². The molecular weight excluding hydrogens is 505 g/mol. The van der Waals surface area contributed by atoms with Gasteiger partial charge in [0.2, 0.25) is 0 Å². The maximum absolute atomic E-state index is 13.7. The maximum Gasteiger partial charge on any atom is 0.123 e. The van der Waals surface area contributed by atoms with Crippen molar-refractivity contribution in [3.05, 3.63) is 76.5 Å². The molecule has 4 aromatic rings. The van der Waals surface area contributed by atoms with Crippen molar-refractivity contribution in [1.82, 2.24) is 20.0 Å². The van der Waals surface area contributed by atoms with Crippen molar-refractivity contribution in [2.24, 2.45) is 0 Å². The molecule has 0 aliphatic heterocycles. The van der Waals surface area contributed by atoms with Crippen LogP contribution in [0.15, 0.2) is 48.8 Å². The van der Waals surface area contributed by atoms with Crippen molar-refractivity contribution in [2.45, 2.75) is 62.8 Å². The van der Waals surface area contributed by atoms with Crippen LogP contribution in [0, 0.1) is 17.1 Å².